The first-order chi connectivity index (χ1) is 13.6. The monoisotopic (exact) mass is 478 g/mol. The van der Waals surface area contributed by atoms with Crippen molar-refractivity contribution < 1.29 is 29.9 Å². The molecule has 2 aliphatic heterocycles. The number of phenols is 1. The predicted octanol–water partition coefficient (Wildman–Crippen LogP) is 0.741. The van der Waals surface area contributed by atoms with Gasteiger partial charge in [-0.15, -0.1) is 0 Å². The highest BCUT2D eigenvalue weighted by atomic mass is 79.9. The molecule has 4 rings (SSSR count). The number of anilines is 1. The minimum Gasteiger partial charge on any atom is -0.544 e. The Morgan fingerprint density at radius 1 is 1.24 bits per heavy atom. The van der Waals surface area contributed by atoms with Gasteiger partial charge < -0.3 is 20.3 Å². The summed E-state index contributed by atoms with van der Waals surface area (Å²) in [5.41, 5.74) is -1.03. The lowest BCUT2D eigenvalue weighted by Crippen LogP contribution is -2.98. The predicted molar refractivity (Wildman–Crippen MR) is 105 cm³/mol. The van der Waals surface area contributed by atoms with Gasteiger partial charge in [-0.25, -0.2) is 4.90 Å². The number of carbonyl (C=O) groups is 3. The van der Waals surface area contributed by atoms with Crippen molar-refractivity contribution >= 4 is 51.0 Å². The van der Waals surface area contributed by atoms with Crippen molar-refractivity contribution in [1.29, 1.82) is 0 Å². The number of aromatic hydroxyl groups is 1. The molecule has 2 fully saturated rings. The molecule has 0 aromatic heterocycles. The maximum atomic E-state index is 13.3. The van der Waals surface area contributed by atoms with Crippen LogP contribution in [0.25, 0.3) is 0 Å². The molecule has 7 nitrogen and oxygen atoms in total. The van der Waals surface area contributed by atoms with Crippen molar-refractivity contribution in [3.05, 3.63) is 57.5 Å². The van der Waals surface area contributed by atoms with Crippen LogP contribution < -0.4 is 15.3 Å². The van der Waals surface area contributed by atoms with Crippen LogP contribution in [0, 0.1) is 11.8 Å². The van der Waals surface area contributed by atoms with Crippen molar-refractivity contribution in [3.8, 4) is 5.75 Å². The van der Waals surface area contributed by atoms with Crippen molar-refractivity contribution in [1.82, 2.24) is 0 Å². The number of carbonyl (C=O) groups excluding carboxylic acids is 3. The number of carboxylic acids is 1. The second-order valence-electron chi connectivity index (χ2n) is 7.46. The van der Waals surface area contributed by atoms with E-state index < -0.39 is 41.2 Å². The van der Waals surface area contributed by atoms with Crippen LogP contribution >= 0.6 is 27.5 Å². The first-order valence-corrected chi connectivity index (χ1v) is 10.0. The number of quaternary nitrogens is 1. The number of nitrogens with two attached hydrogens (primary N) is 1. The van der Waals surface area contributed by atoms with Crippen molar-refractivity contribution in [2.45, 2.75) is 18.5 Å². The Balaban J connectivity index is 1.86. The summed E-state index contributed by atoms with van der Waals surface area (Å²) < 4.78 is 0.653. The van der Waals surface area contributed by atoms with Gasteiger partial charge in [0.1, 0.15) is 35.1 Å². The zero-order valence-electron chi connectivity index (χ0n) is 15.1. The molecule has 2 aromatic carbocycles. The van der Waals surface area contributed by atoms with Gasteiger partial charge >= 0.3 is 0 Å². The molecule has 4 unspecified atom stereocenters. The average molecular weight is 480 g/mol. The number of benzene rings is 2. The number of rotatable bonds is 3. The molecule has 0 radical (unpaired) electrons. The third kappa shape index (κ3) is 2.94. The lowest BCUT2D eigenvalue weighted by molar-refractivity contribution is -0.735. The van der Waals surface area contributed by atoms with E-state index in [-0.39, 0.29) is 11.4 Å². The molecule has 150 valence electrons. The van der Waals surface area contributed by atoms with Gasteiger partial charge in [-0.1, -0.05) is 33.6 Å². The average Bonchev–Trinajstić information content (AvgIpc) is 3.11. The molecule has 2 heterocycles. The van der Waals surface area contributed by atoms with E-state index in [0.717, 1.165) is 4.90 Å². The SMILES string of the molecule is CC1(C(=O)[O-])[NH2+]C(c2cc(Br)ccc2O)C2C(=O)N(c3cccc(Cl)c3)C(=O)C21. The van der Waals surface area contributed by atoms with E-state index in [1.807, 2.05) is 0 Å². The van der Waals surface area contributed by atoms with Crippen LogP contribution in [-0.4, -0.2) is 28.4 Å². The van der Waals surface area contributed by atoms with E-state index in [9.17, 15) is 24.6 Å². The zero-order valence-corrected chi connectivity index (χ0v) is 17.5. The molecule has 2 saturated heterocycles. The van der Waals surface area contributed by atoms with Gasteiger partial charge in [0.2, 0.25) is 11.8 Å². The quantitative estimate of drug-likeness (QED) is 0.630. The van der Waals surface area contributed by atoms with E-state index in [0.29, 0.717) is 15.1 Å². The summed E-state index contributed by atoms with van der Waals surface area (Å²) in [6.45, 7) is 1.38. The molecular weight excluding hydrogens is 464 g/mol. The molecule has 0 spiro atoms. The van der Waals surface area contributed by atoms with Gasteiger partial charge in [0.15, 0.2) is 0 Å². The number of hydrogen-bond donors (Lipinski definition) is 2. The highest BCUT2D eigenvalue weighted by Gasteiger charge is 2.68. The third-order valence-corrected chi connectivity index (χ3v) is 6.49. The number of fused-ring (bicyclic) bond motifs is 1. The van der Waals surface area contributed by atoms with Gasteiger partial charge in [0, 0.05) is 9.50 Å². The molecule has 29 heavy (non-hydrogen) atoms. The summed E-state index contributed by atoms with van der Waals surface area (Å²) in [5, 5.41) is 24.2. The van der Waals surface area contributed by atoms with Gasteiger partial charge in [-0.3, -0.25) is 9.59 Å². The summed E-state index contributed by atoms with van der Waals surface area (Å²) in [6, 6.07) is 10.2. The number of carboxylic acid groups (broad SMARTS) is 1. The summed E-state index contributed by atoms with van der Waals surface area (Å²) in [4.78, 5) is 39.6. The summed E-state index contributed by atoms with van der Waals surface area (Å²) in [7, 11) is 0. The fraction of sp³-hybridized carbons (Fsp3) is 0.250. The Morgan fingerprint density at radius 3 is 2.62 bits per heavy atom. The number of nitrogens with zero attached hydrogens (tertiary/aromatic N) is 1. The van der Waals surface area contributed by atoms with Crippen LogP contribution in [0.15, 0.2) is 46.9 Å². The molecule has 2 aliphatic rings. The molecule has 4 atom stereocenters. The molecule has 2 aromatic rings. The van der Waals surface area contributed by atoms with Crippen LogP contribution in [0.4, 0.5) is 5.69 Å². The van der Waals surface area contributed by atoms with E-state index in [1.54, 1.807) is 30.3 Å². The molecule has 9 heteroatoms. The minimum atomic E-state index is -1.68. The number of halogens is 2. The smallest absolute Gasteiger partial charge is 0.244 e. The second kappa shape index (κ2) is 6.83. The normalized spacial score (nSPS) is 28.7. The second-order valence-corrected chi connectivity index (χ2v) is 8.81. The summed E-state index contributed by atoms with van der Waals surface area (Å²) in [6.07, 6.45) is 0. The number of phenolic OH excluding ortho intramolecular Hbond substituents is 1. The third-order valence-electron chi connectivity index (χ3n) is 5.76. The molecular formula is C20H16BrClN2O5. The van der Waals surface area contributed by atoms with E-state index >= 15 is 0 Å². The Kier molecular flexibility index (Phi) is 4.68. The first-order valence-electron chi connectivity index (χ1n) is 8.84. The van der Waals surface area contributed by atoms with E-state index in [2.05, 4.69) is 15.9 Å². The number of imide groups is 1. The largest absolute Gasteiger partial charge is 0.544 e. The van der Waals surface area contributed by atoms with Crippen molar-refractivity contribution in [3.63, 3.8) is 0 Å². The van der Waals surface area contributed by atoms with Crippen LogP contribution in [0.2, 0.25) is 5.02 Å². The Bertz CT molecular complexity index is 1060. The van der Waals surface area contributed by atoms with Crippen LogP contribution in [0.5, 0.6) is 5.75 Å². The van der Waals surface area contributed by atoms with Crippen LogP contribution in [-0.2, 0) is 14.4 Å². The maximum Gasteiger partial charge on any atom is 0.244 e. The van der Waals surface area contributed by atoms with Crippen molar-refractivity contribution in [2.75, 3.05) is 4.90 Å². The van der Waals surface area contributed by atoms with Gasteiger partial charge in [0.25, 0.3) is 0 Å². The van der Waals surface area contributed by atoms with Gasteiger partial charge in [-0.2, -0.15) is 0 Å². The molecule has 0 aliphatic carbocycles. The number of amides is 2. The van der Waals surface area contributed by atoms with Crippen molar-refractivity contribution in [2.24, 2.45) is 11.8 Å². The summed E-state index contributed by atoms with van der Waals surface area (Å²) >= 11 is 9.34. The fourth-order valence-corrected chi connectivity index (χ4v) is 4.97. The topological polar surface area (TPSA) is 114 Å². The number of hydrogen-bond acceptors (Lipinski definition) is 5. The maximum absolute atomic E-state index is 13.3. The fourth-order valence-electron chi connectivity index (χ4n) is 4.40. The minimum absolute atomic E-state index is 0.0859. The highest BCUT2D eigenvalue weighted by Crippen LogP contribution is 2.47. The lowest BCUT2D eigenvalue weighted by Gasteiger charge is -2.29. The standard InChI is InChI=1S/C20H16BrClN2O5/c1-20(19(28)29)15-14(16(23-20)12-7-9(21)5-6-13(12)25)17(26)24(18(15)27)11-4-2-3-10(22)8-11/h2-8,14-16,23,25H,1H3,(H,28,29). The molecule has 0 bridgehead atoms. The van der Waals surface area contributed by atoms with E-state index in [1.165, 1.54) is 24.4 Å². The Hall–Kier alpha value is -2.42. The molecule has 2 amide bonds. The van der Waals surface area contributed by atoms with E-state index in [4.69, 9.17) is 11.6 Å². The van der Waals surface area contributed by atoms with Gasteiger partial charge in [0.05, 0.1) is 11.3 Å². The first kappa shape index (κ1) is 19.9. The zero-order chi connectivity index (χ0) is 21.1. The van der Waals surface area contributed by atoms with Gasteiger partial charge in [-0.05, 0) is 43.3 Å². The summed E-state index contributed by atoms with van der Waals surface area (Å²) in [5.74, 6) is -4.82. The number of aliphatic carboxylic acids is 1. The Morgan fingerprint density at radius 2 is 1.97 bits per heavy atom. The highest BCUT2D eigenvalue weighted by molar-refractivity contribution is 9.10. The molecule has 3 N–H and O–H groups in total. The molecule has 0 saturated carbocycles. The van der Waals surface area contributed by atoms with Crippen LogP contribution in [0.1, 0.15) is 18.5 Å². The Labute approximate surface area is 179 Å². The van der Waals surface area contributed by atoms with Crippen LogP contribution in [0.3, 0.4) is 0 Å². The lowest BCUT2D eigenvalue weighted by atomic mass is 9.80.